The van der Waals surface area contributed by atoms with E-state index in [0.29, 0.717) is 44.4 Å². The fourth-order valence-corrected chi connectivity index (χ4v) is 5.12. The number of aromatic nitrogens is 2. The number of likely N-dealkylation sites (tertiary alicyclic amines) is 2. The van der Waals surface area contributed by atoms with E-state index in [1.165, 1.54) is 5.56 Å². The molecule has 8 nitrogen and oxygen atoms in total. The van der Waals surface area contributed by atoms with Crippen LogP contribution in [0.3, 0.4) is 0 Å². The zero-order chi connectivity index (χ0) is 23.5. The fourth-order valence-electron chi connectivity index (χ4n) is 5.12. The molecule has 34 heavy (non-hydrogen) atoms. The van der Waals surface area contributed by atoms with Gasteiger partial charge in [-0.1, -0.05) is 65.8 Å². The third kappa shape index (κ3) is 4.46. The van der Waals surface area contributed by atoms with Crippen LogP contribution in [0.2, 0.25) is 0 Å². The number of nitrogens with one attached hydrogen (secondary N) is 1. The first-order chi connectivity index (χ1) is 16.6. The van der Waals surface area contributed by atoms with Gasteiger partial charge in [0, 0.05) is 31.5 Å². The molecule has 0 bridgehead atoms. The zero-order valence-corrected chi connectivity index (χ0v) is 19.3. The second-order valence-electron chi connectivity index (χ2n) is 9.04. The van der Waals surface area contributed by atoms with Crippen molar-refractivity contribution in [1.82, 2.24) is 25.3 Å². The van der Waals surface area contributed by atoms with Crippen molar-refractivity contribution >= 4 is 11.8 Å². The highest BCUT2D eigenvalue weighted by Gasteiger charge is 2.44. The highest BCUT2D eigenvalue weighted by Crippen LogP contribution is 2.35. The van der Waals surface area contributed by atoms with Crippen molar-refractivity contribution in [3.63, 3.8) is 0 Å². The van der Waals surface area contributed by atoms with E-state index < -0.39 is 6.04 Å². The Morgan fingerprint density at radius 3 is 2.35 bits per heavy atom. The van der Waals surface area contributed by atoms with E-state index in [1.54, 1.807) is 11.9 Å². The van der Waals surface area contributed by atoms with Gasteiger partial charge in [-0.25, -0.2) is 0 Å². The van der Waals surface area contributed by atoms with Crippen LogP contribution in [-0.4, -0.2) is 64.5 Å². The number of nitrogens with zero attached hydrogens (tertiary/aromatic N) is 4. The molecule has 0 saturated carbocycles. The number of hydrogen-bond acceptors (Lipinski definition) is 6. The fraction of sp³-hybridized carbons (Fsp3) is 0.385. The Hall–Kier alpha value is -3.52. The minimum atomic E-state index is -0.543. The first-order valence-corrected chi connectivity index (χ1v) is 11.8. The van der Waals surface area contributed by atoms with Crippen molar-refractivity contribution in [3.8, 4) is 0 Å². The molecular weight excluding hydrogens is 430 g/mol. The lowest BCUT2D eigenvalue weighted by Crippen LogP contribution is -2.47. The molecule has 0 spiro atoms. The molecule has 2 aliphatic rings. The molecule has 0 radical (unpaired) electrons. The lowest BCUT2D eigenvalue weighted by atomic mass is 9.96. The SMILES string of the molecule is CNCc1nc(C(=O)N2C[C@@H](c3ccccc3)C[C@H]2C(=O)N2CC[C@H](c3ccccc3)C2)no1. The van der Waals surface area contributed by atoms with Crippen LogP contribution in [0.1, 0.15) is 52.3 Å². The molecule has 0 unspecified atom stereocenters. The van der Waals surface area contributed by atoms with Crippen LogP contribution in [0.4, 0.5) is 0 Å². The predicted octanol–water partition coefficient (Wildman–Crippen LogP) is 2.80. The quantitative estimate of drug-likeness (QED) is 0.610. The second kappa shape index (κ2) is 9.77. The van der Waals surface area contributed by atoms with Gasteiger partial charge in [-0.3, -0.25) is 9.59 Å². The Morgan fingerprint density at radius 1 is 1.00 bits per heavy atom. The van der Waals surface area contributed by atoms with Crippen molar-refractivity contribution in [2.75, 3.05) is 26.7 Å². The Bertz CT molecular complexity index is 1130. The van der Waals surface area contributed by atoms with E-state index in [1.807, 2.05) is 41.3 Å². The van der Waals surface area contributed by atoms with E-state index in [0.717, 1.165) is 12.0 Å². The molecule has 1 N–H and O–H groups in total. The van der Waals surface area contributed by atoms with Gasteiger partial charge >= 0.3 is 0 Å². The second-order valence-corrected chi connectivity index (χ2v) is 9.04. The zero-order valence-electron chi connectivity index (χ0n) is 19.3. The third-order valence-electron chi connectivity index (χ3n) is 6.88. The van der Waals surface area contributed by atoms with Crippen LogP contribution in [0.25, 0.3) is 0 Å². The van der Waals surface area contributed by atoms with Gasteiger partial charge in [0.1, 0.15) is 6.04 Å². The van der Waals surface area contributed by atoms with Crippen molar-refractivity contribution < 1.29 is 14.1 Å². The first kappa shape index (κ1) is 22.3. The van der Waals surface area contributed by atoms with Crippen molar-refractivity contribution in [2.24, 2.45) is 0 Å². The molecule has 2 amide bonds. The maximum atomic E-state index is 13.7. The smallest absolute Gasteiger partial charge is 0.295 e. The number of rotatable bonds is 6. The lowest BCUT2D eigenvalue weighted by Gasteiger charge is -2.27. The van der Waals surface area contributed by atoms with Gasteiger partial charge < -0.3 is 19.6 Å². The van der Waals surface area contributed by atoms with Gasteiger partial charge in [0.25, 0.3) is 11.7 Å². The molecule has 0 aliphatic carbocycles. The summed E-state index contributed by atoms with van der Waals surface area (Å²) >= 11 is 0. The Balaban J connectivity index is 1.37. The maximum Gasteiger partial charge on any atom is 0.295 e. The summed E-state index contributed by atoms with van der Waals surface area (Å²) in [6.07, 6.45) is 1.51. The molecular formula is C26H29N5O3. The number of benzene rings is 2. The third-order valence-corrected chi connectivity index (χ3v) is 6.88. The summed E-state index contributed by atoms with van der Waals surface area (Å²) in [6.45, 7) is 2.20. The van der Waals surface area contributed by atoms with E-state index in [-0.39, 0.29) is 23.6 Å². The first-order valence-electron chi connectivity index (χ1n) is 11.8. The van der Waals surface area contributed by atoms with Gasteiger partial charge in [0.2, 0.25) is 11.8 Å². The van der Waals surface area contributed by atoms with Crippen molar-refractivity contribution in [3.05, 3.63) is 83.5 Å². The molecule has 2 aliphatic heterocycles. The van der Waals surface area contributed by atoms with Crippen LogP contribution < -0.4 is 5.32 Å². The molecule has 2 aromatic carbocycles. The van der Waals surface area contributed by atoms with Gasteiger partial charge in [0.05, 0.1) is 6.54 Å². The van der Waals surface area contributed by atoms with Crippen LogP contribution >= 0.6 is 0 Å². The molecule has 1 aromatic heterocycles. The largest absolute Gasteiger partial charge is 0.340 e. The highest BCUT2D eigenvalue weighted by atomic mass is 16.5. The van der Waals surface area contributed by atoms with E-state index in [9.17, 15) is 9.59 Å². The number of carbonyl (C=O) groups excluding carboxylic acids is 2. The molecule has 2 saturated heterocycles. The van der Waals surface area contributed by atoms with E-state index >= 15 is 0 Å². The van der Waals surface area contributed by atoms with Gasteiger partial charge in [-0.05, 0) is 31.0 Å². The van der Waals surface area contributed by atoms with Crippen LogP contribution in [-0.2, 0) is 11.3 Å². The van der Waals surface area contributed by atoms with Crippen LogP contribution in [0.15, 0.2) is 65.2 Å². The average molecular weight is 460 g/mol. The molecule has 3 aromatic rings. The number of hydrogen-bond donors (Lipinski definition) is 1. The molecule has 3 heterocycles. The van der Waals surface area contributed by atoms with Gasteiger partial charge in [-0.2, -0.15) is 4.98 Å². The predicted molar refractivity (Wildman–Crippen MR) is 126 cm³/mol. The average Bonchev–Trinajstić information content (AvgIpc) is 3.64. The molecule has 5 rings (SSSR count). The lowest BCUT2D eigenvalue weighted by molar-refractivity contribution is -0.134. The normalized spacial score (nSPS) is 22.3. The molecule has 3 atom stereocenters. The molecule has 8 heteroatoms. The Kier molecular flexibility index (Phi) is 6.40. The van der Waals surface area contributed by atoms with Crippen molar-refractivity contribution in [2.45, 2.75) is 37.3 Å². The summed E-state index contributed by atoms with van der Waals surface area (Å²) in [5.74, 6) is 0.390. The Morgan fingerprint density at radius 2 is 1.68 bits per heavy atom. The maximum absolute atomic E-state index is 13.7. The van der Waals surface area contributed by atoms with E-state index in [4.69, 9.17) is 4.52 Å². The van der Waals surface area contributed by atoms with Gasteiger partial charge in [0.15, 0.2) is 0 Å². The summed E-state index contributed by atoms with van der Waals surface area (Å²) in [6, 6.07) is 19.8. The van der Waals surface area contributed by atoms with E-state index in [2.05, 4.69) is 39.7 Å². The summed E-state index contributed by atoms with van der Waals surface area (Å²) in [7, 11) is 1.77. The Labute approximate surface area is 198 Å². The number of carbonyl (C=O) groups is 2. The summed E-state index contributed by atoms with van der Waals surface area (Å²) in [5.41, 5.74) is 2.38. The molecule has 176 valence electrons. The monoisotopic (exact) mass is 459 g/mol. The summed E-state index contributed by atoms with van der Waals surface area (Å²) in [5, 5.41) is 6.81. The van der Waals surface area contributed by atoms with Gasteiger partial charge in [-0.15, -0.1) is 0 Å². The van der Waals surface area contributed by atoms with Crippen LogP contribution in [0.5, 0.6) is 0 Å². The minimum Gasteiger partial charge on any atom is -0.340 e. The van der Waals surface area contributed by atoms with Crippen molar-refractivity contribution in [1.29, 1.82) is 0 Å². The van der Waals surface area contributed by atoms with Crippen LogP contribution in [0, 0.1) is 0 Å². The summed E-state index contributed by atoms with van der Waals surface area (Å²) < 4.78 is 5.19. The highest BCUT2D eigenvalue weighted by molar-refractivity contribution is 5.95. The topological polar surface area (TPSA) is 91.6 Å². The summed E-state index contributed by atoms with van der Waals surface area (Å²) in [4.78, 5) is 34.9. The minimum absolute atomic E-state index is 0.000320. The molecule has 2 fully saturated rings. The standard InChI is InChI=1S/C26H29N5O3/c1-27-15-23-28-24(29-34-23)26(33)31-17-21(19-10-6-3-7-11-19)14-22(31)25(32)30-13-12-20(16-30)18-8-4-2-5-9-18/h2-11,20-22,27H,12-17H2,1H3/t20-,21-,22-/m0/s1. The number of amides is 2.